The molecule has 2 aromatic carbocycles. The van der Waals surface area contributed by atoms with Crippen LogP contribution in [0, 0.1) is 5.82 Å². The van der Waals surface area contributed by atoms with Gasteiger partial charge in [-0.05, 0) is 60.6 Å². The van der Waals surface area contributed by atoms with E-state index in [-0.39, 0.29) is 23.7 Å². The van der Waals surface area contributed by atoms with Gasteiger partial charge in [-0.2, -0.15) is 0 Å². The summed E-state index contributed by atoms with van der Waals surface area (Å²) in [4.78, 5) is 29.0. The molecule has 0 saturated carbocycles. The molecule has 0 N–H and O–H groups in total. The van der Waals surface area contributed by atoms with E-state index < -0.39 is 11.5 Å². The van der Waals surface area contributed by atoms with Gasteiger partial charge in [0.25, 0.3) is 5.56 Å². The monoisotopic (exact) mass is 488 g/mol. The molecular weight excluding hydrogens is 470 g/mol. The SMILES string of the molecule is O=c1c2c3c(sc2n(Cc2ccc(F)cc2Cl)c(=O)n1Cc1ccccc1Cl)CCCC3. The minimum atomic E-state index is -0.438. The molecule has 2 heterocycles. The average Bonchev–Trinajstić information content (AvgIpc) is 3.16. The Kier molecular flexibility index (Phi) is 5.70. The largest absolute Gasteiger partial charge is 0.332 e. The smallest absolute Gasteiger partial charge is 0.280 e. The standard InChI is InChI=1S/C24H19Cl2FN2O2S/c25-18-7-3-1-5-14(18)12-28-22(30)21-17-6-2-4-8-20(17)32-23(21)29(24(28)31)13-15-9-10-16(27)11-19(15)26/h1,3,5,7,9-11H,2,4,6,8,12-13H2. The molecule has 0 amide bonds. The maximum atomic E-state index is 13.6. The van der Waals surface area contributed by atoms with Crippen molar-refractivity contribution in [3.05, 3.63) is 101 Å². The zero-order valence-corrected chi connectivity index (χ0v) is 19.4. The highest BCUT2D eigenvalue weighted by Crippen LogP contribution is 2.34. The molecule has 0 bridgehead atoms. The van der Waals surface area contributed by atoms with Crippen LogP contribution in [-0.2, 0) is 25.9 Å². The van der Waals surface area contributed by atoms with Gasteiger partial charge in [-0.25, -0.2) is 9.18 Å². The molecule has 0 radical (unpaired) electrons. The third-order valence-corrected chi connectivity index (χ3v) is 7.98. The molecule has 2 aromatic heterocycles. The Morgan fingerprint density at radius 3 is 2.41 bits per heavy atom. The average molecular weight is 489 g/mol. The van der Waals surface area contributed by atoms with Gasteiger partial charge in [0.1, 0.15) is 10.6 Å². The first-order valence-electron chi connectivity index (χ1n) is 10.4. The van der Waals surface area contributed by atoms with Crippen molar-refractivity contribution in [3.8, 4) is 0 Å². The Hall–Kier alpha value is -2.41. The highest BCUT2D eigenvalue weighted by atomic mass is 35.5. The van der Waals surface area contributed by atoms with E-state index in [4.69, 9.17) is 23.2 Å². The number of fused-ring (bicyclic) bond motifs is 3. The van der Waals surface area contributed by atoms with E-state index in [9.17, 15) is 14.0 Å². The first-order chi connectivity index (χ1) is 15.4. The minimum absolute atomic E-state index is 0.0784. The molecule has 0 fully saturated rings. The minimum Gasteiger partial charge on any atom is -0.280 e. The summed E-state index contributed by atoms with van der Waals surface area (Å²) in [6, 6.07) is 11.3. The number of aromatic nitrogens is 2. The van der Waals surface area contributed by atoms with Crippen molar-refractivity contribution in [1.82, 2.24) is 9.13 Å². The van der Waals surface area contributed by atoms with Crippen molar-refractivity contribution in [2.75, 3.05) is 0 Å². The van der Waals surface area contributed by atoms with E-state index in [0.717, 1.165) is 36.1 Å². The fourth-order valence-corrected chi connectivity index (χ4v) is 6.11. The summed E-state index contributed by atoms with van der Waals surface area (Å²) < 4.78 is 16.4. The quantitative estimate of drug-likeness (QED) is 0.372. The number of hydrogen-bond donors (Lipinski definition) is 0. The zero-order chi connectivity index (χ0) is 22.4. The second kappa shape index (κ2) is 8.50. The second-order valence-corrected chi connectivity index (χ2v) is 9.88. The van der Waals surface area contributed by atoms with Crippen molar-refractivity contribution in [2.24, 2.45) is 0 Å². The van der Waals surface area contributed by atoms with Gasteiger partial charge < -0.3 is 0 Å². The lowest BCUT2D eigenvalue weighted by Crippen LogP contribution is -2.40. The van der Waals surface area contributed by atoms with Crippen LogP contribution in [0.1, 0.15) is 34.4 Å². The molecule has 8 heteroatoms. The molecule has 0 atom stereocenters. The molecule has 0 aliphatic heterocycles. The lowest BCUT2D eigenvalue weighted by Gasteiger charge is -2.14. The molecule has 32 heavy (non-hydrogen) atoms. The van der Waals surface area contributed by atoms with Gasteiger partial charge in [-0.3, -0.25) is 13.9 Å². The topological polar surface area (TPSA) is 44.0 Å². The Labute approximate surface area is 197 Å². The summed E-state index contributed by atoms with van der Waals surface area (Å²) in [7, 11) is 0. The summed E-state index contributed by atoms with van der Waals surface area (Å²) >= 11 is 14.1. The molecule has 0 saturated heterocycles. The normalized spacial score (nSPS) is 13.5. The fraction of sp³-hybridized carbons (Fsp3) is 0.250. The van der Waals surface area contributed by atoms with Crippen LogP contribution in [0.5, 0.6) is 0 Å². The maximum absolute atomic E-state index is 13.6. The number of aryl methyl sites for hydroxylation is 2. The Bertz CT molecular complexity index is 1470. The van der Waals surface area contributed by atoms with Crippen LogP contribution in [-0.4, -0.2) is 9.13 Å². The summed E-state index contributed by atoms with van der Waals surface area (Å²) in [6.45, 7) is 0.228. The van der Waals surface area contributed by atoms with Crippen LogP contribution in [0.15, 0.2) is 52.1 Å². The third kappa shape index (κ3) is 3.70. The first kappa shape index (κ1) is 21.4. The van der Waals surface area contributed by atoms with E-state index in [1.165, 1.54) is 28.0 Å². The Morgan fingerprint density at radius 1 is 0.906 bits per heavy atom. The molecule has 4 aromatic rings. The van der Waals surface area contributed by atoms with Crippen LogP contribution in [0.25, 0.3) is 10.2 Å². The van der Waals surface area contributed by atoms with E-state index in [1.807, 2.05) is 18.2 Å². The number of hydrogen-bond acceptors (Lipinski definition) is 3. The van der Waals surface area contributed by atoms with Gasteiger partial charge in [0.2, 0.25) is 0 Å². The van der Waals surface area contributed by atoms with E-state index in [2.05, 4.69) is 0 Å². The van der Waals surface area contributed by atoms with E-state index in [1.54, 1.807) is 16.7 Å². The van der Waals surface area contributed by atoms with Crippen LogP contribution < -0.4 is 11.2 Å². The third-order valence-electron chi connectivity index (χ3n) is 5.95. The van der Waals surface area contributed by atoms with Gasteiger partial charge in [0, 0.05) is 14.9 Å². The van der Waals surface area contributed by atoms with Crippen molar-refractivity contribution in [3.63, 3.8) is 0 Å². The number of halogens is 3. The summed E-state index contributed by atoms with van der Waals surface area (Å²) in [5, 5.41) is 1.35. The van der Waals surface area contributed by atoms with Gasteiger partial charge >= 0.3 is 5.69 Å². The maximum Gasteiger partial charge on any atom is 0.332 e. The summed E-state index contributed by atoms with van der Waals surface area (Å²) in [5.74, 6) is -0.438. The zero-order valence-electron chi connectivity index (χ0n) is 17.0. The lowest BCUT2D eigenvalue weighted by molar-refractivity contribution is 0.622. The molecule has 1 aliphatic carbocycles. The lowest BCUT2D eigenvalue weighted by atomic mass is 9.97. The fourth-order valence-electron chi connectivity index (χ4n) is 4.31. The first-order valence-corrected chi connectivity index (χ1v) is 12.0. The van der Waals surface area contributed by atoms with Gasteiger partial charge in [-0.15, -0.1) is 11.3 Å². The van der Waals surface area contributed by atoms with E-state index in [0.29, 0.717) is 26.4 Å². The van der Waals surface area contributed by atoms with Crippen molar-refractivity contribution in [1.29, 1.82) is 0 Å². The van der Waals surface area contributed by atoms with Crippen molar-refractivity contribution < 1.29 is 4.39 Å². The summed E-state index contributed by atoms with van der Waals surface area (Å²) in [6.07, 6.45) is 3.82. The Balaban J connectivity index is 1.76. The summed E-state index contributed by atoms with van der Waals surface area (Å²) in [5.41, 5.74) is 1.65. The predicted octanol–water partition coefficient (Wildman–Crippen LogP) is 5.65. The number of thiophene rings is 1. The highest BCUT2D eigenvalue weighted by Gasteiger charge is 2.24. The second-order valence-electron chi connectivity index (χ2n) is 7.98. The van der Waals surface area contributed by atoms with Gasteiger partial charge in [0.05, 0.1) is 18.5 Å². The van der Waals surface area contributed by atoms with Crippen molar-refractivity contribution >= 4 is 44.8 Å². The predicted molar refractivity (Wildman–Crippen MR) is 128 cm³/mol. The van der Waals surface area contributed by atoms with Gasteiger partial charge in [-0.1, -0.05) is 47.5 Å². The van der Waals surface area contributed by atoms with E-state index >= 15 is 0 Å². The molecular formula is C24H19Cl2FN2O2S. The highest BCUT2D eigenvalue weighted by molar-refractivity contribution is 7.18. The Morgan fingerprint density at radius 2 is 1.62 bits per heavy atom. The van der Waals surface area contributed by atoms with Crippen LogP contribution in [0.4, 0.5) is 4.39 Å². The number of benzene rings is 2. The molecule has 0 unspecified atom stereocenters. The van der Waals surface area contributed by atoms with Crippen LogP contribution in [0.3, 0.4) is 0 Å². The number of rotatable bonds is 4. The molecule has 5 rings (SSSR count). The molecule has 1 aliphatic rings. The molecule has 0 spiro atoms. The van der Waals surface area contributed by atoms with Gasteiger partial charge in [0.15, 0.2) is 0 Å². The molecule has 4 nitrogen and oxygen atoms in total. The van der Waals surface area contributed by atoms with Crippen LogP contribution in [0.2, 0.25) is 10.0 Å². The molecule has 164 valence electrons. The van der Waals surface area contributed by atoms with Crippen molar-refractivity contribution in [2.45, 2.75) is 38.8 Å². The van der Waals surface area contributed by atoms with Crippen LogP contribution >= 0.6 is 34.5 Å². The number of nitrogens with zero attached hydrogens (tertiary/aromatic N) is 2.